The van der Waals surface area contributed by atoms with E-state index >= 15 is 0 Å². The molecule has 4 aromatic rings. The number of halogens is 1. The Morgan fingerprint density at radius 1 is 0.971 bits per heavy atom. The van der Waals surface area contributed by atoms with Crippen LogP contribution in [-0.4, -0.2) is 40.3 Å². The molecular weight excluding hydrogens is 437 g/mol. The highest BCUT2D eigenvalue weighted by Gasteiger charge is 2.15. The molecule has 0 bridgehead atoms. The van der Waals surface area contributed by atoms with Gasteiger partial charge in [-0.1, -0.05) is 24.3 Å². The minimum atomic E-state index is -0.436. The number of amides is 2. The summed E-state index contributed by atoms with van der Waals surface area (Å²) in [5.41, 5.74) is 1.39. The molecule has 0 atom stereocenters. The number of hydrogen-bond donors (Lipinski definition) is 3. The van der Waals surface area contributed by atoms with E-state index in [-0.39, 0.29) is 30.1 Å². The summed E-state index contributed by atoms with van der Waals surface area (Å²) in [5.74, 6) is -0.739. The van der Waals surface area contributed by atoms with Crippen molar-refractivity contribution in [1.29, 1.82) is 0 Å². The van der Waals surface area contributed by atoms with Gasteiger partial charge in [-0.3, -0.25) is 19.3 Å². The molecule has 0 unspecified atom stereocenters. The number of carbonyl (C=O) groups is 2. The Bertz CT molecular complexity index is 1400. The van der Waals surface area contributed by atoms with Crippen molar-refractivity contribution < 1.29 is 14.0 Å². The van der Waals surface area contributed by atoms with E-state index in [0.29, 0.717) is 28.1 Å². The van der Waals surface area contributed by atoms with Crippen molar-refractivity contribution in [3.63, 3.8) is 0 Å². The molecular formula is C25H22FN5O3. The van der Waals surface area contributed by atoms with E-state index < -0.39 is 11.7 Å². The van der Waals surface area contributed by atoms with Crippen molar-refractivity contribution in [1.82, 2.24) is 14.9 Å². The summed E-state index contributed by atoms with van der Waals surface area (Å²) in [6.45, 7) is 0.255. The summed E-state index contributed by atoms with van der Waals surface area (Å²) < 4.78 is 13.1. The summed E-state index contributed by atoms with van der Waals surface area (Å²) in [7, 11) is 1.72. The summed E-state index contributed by atoms with van der Waals surface area (Å²) in [5, 5.41) is 5.94. The van der Waals surface area contributed by atoms with E-state index in [2.05, 4.69) is 20.6 Å². The van der Waals surface area contributed by atoms with Gasteiger partial charge in [0.2, 0.25) is 5.91 Å². The van der Waals surface area contributed by atoms with Crippen LogP contribution in [-0.2, 0) is 11.3 Å². The maximum atomic E-state index is 13.1. The second kappa shape index (κ2) is 10.1. The minimum Gasteiger partial charge on any atom is -0.324 e. The number of aromatic amines is 1. The van der Waals surface area contributed by atoms with Gasteiger partial charge in [0.15, 0.2) is 0 Å². The minimum absolute atomic E-state index is 0.00442. The molecule has 172 valence electrons. The van der Waals surface area contributed by atoms with Gasteiger partial charge in [-0.15, -0.1) is 0 Å². The van der Waals surface area contributed by atoms with E-state index in [4.69, 9.17) is 0 Å². The van der Waals surface area contributed by atoms with Gasteiger partial charge < -0.3 is 15.6 Å². The van der Waals surface area contributed by atoms with Crippen LogP contribution in [0.15, 0.2) is 77.6 Å². The van der Waals surface area contributed by atoms with Crippen LogP contribution in [0, 0.1) is 5.82 Å². The predicted octanol–water partition coefficient (Wildman–Crippen LogP) is 3.39. The van der Waals surface area contributed by atoms with Crippen LogP contribution >= 0.6 is 0 Å². The third kappa shape index (κ3) is 5.51. The van der Waals surface area contributed by atoms with Crippen LogP contribution in [0.4, 0.5) is 15.8 Å². The van der Waals surface area contributed by atoms with E-state index in [1.807, 2.05) is 0 Å². The second-order valence-corrected chi connectivity index (χ2v) is 7.76. The lowest BCUT2D eigenvalue weighted by Gasteiger charge is -2.17. The molecule has 1 heterocycles. The van der Waals surface area contributed by atoms with E-state index in [0.717, 1.165) is 0 Å². The smallest absolute Gasteiger partial charge is 0.258 e. The van der Waals surface area contributed by atoms with Crippen LogP contribution in [0.25, 0.3) is 10.9 Å². The molecule has 0 aliphatic rings. The van der Waals surface area contributed by atoms with Gasteiger partial charge in [-0.2, -0.15) is 0 Å². The summed E-state index contributed by atoms with van der Waals surface area (Å²) >= 11 is 0. The van der Waals surface area contributed by atoms with Gasteiger partial charge >= 0.3 is 0 Å². The highest BCUT2D eigenvalue weighted by molar-refractivity contribution is 6.10. The molecule has 0 spiro atoms. The van der Waals surface area contributed by atoms with Gasteiger partial charge in [0.1, 0.15) is 11.6 Å². The lowest BCUT2D eigenvalue weighted by Crippen LogP contribution is -2.31. The molecule has 0 aliphatic heterocycles. The Kier molecular flexibility index (Phi) is 6.74. The average Bonchev–Trinajstić information content (AvgIpc) is 2.80. The number of benzene rings is 3. The van der Waals surface area contributed by atoms with Crippen LogP contribution in [0.2, 0.25) is 0 Å². The number of carbonyl (C=O) groups excluding carboxylic acids is 2. The van der Waals surface area contributed by atoms with E-state index in [9.17, 15) is 18.8 Å². The first-order chi connectivity index (χ1) is 16.4. The van der Waals surface area contributed by atoms with Gasteiger partial charge in [0.05, 0.1) is 35.2 Å². The largest absolute Gasteiger partial charge is 0.324 e. The van der Waals surface area contributed by atoms with Crippen molar-refractivity contribution in [3.8, 4) is 0 Å². The van der Waals surface area contributed by atoms with Gasteiger partial charge in [-0.05, 0) is 55.6 Å². The normalized spacial score (nSPS) is 10.9. The second-order valence-electron chi connectivity index (χ2n) is 7.76. The third-order valence-electron chi connectivity index (χ3n) is 5.04. The first kappa shape index (κ1) is 22.8. The number of hydrogen-bond acceptors (Lipinski definition) is 5. The molecule has 0 fully saturated rings. The Morgan fingerprint density at radius 2 is 1.68 bits per heavy atom. The number of rotatable bonds is 7. The molecule has 0 aliphatic carbocycles. The zero-order valence-corrected chi connectivity index (χ0v) is 18.3. The zero-order chi connectivity index (χ0) is 24.1. The van der Waals surface area contributed by atoms with Crippen molar-refractivity contribution >= 4 is 34.1 Å². The van der Waals surface area contributed by atoms with Gasteiger partial charge in [0, 0.05) is 5.69 Å². The molecule has 0 saturated carbocycles. The average molecular weight is 459 g/mol. The number of nitrogens with one attached hydrogen (secondary N) is 3. The Labute approximate surface area is 194 Å². The Morgan fingerprint density at radius 3 is 2.47 bits per heavy atom. The van der Waals surface area contributed by atoms with E-state index in [1.54, 1.807) is 60.5 Å². The Balaban J connectivity index is 1.40. The highest BCUT2D eigenvalue weighted by Crippen LogP contribution is 2.18. The van der Waals surface area contributed by atoms with E-state index in [1.165, 1.54) is 24.3 Å². The van der Waals surface area contributed by atoms with Crippen molar-refractivity contribution in [2.45, 2.75) is 6.54 Å². The monoisotopic (exact) mass is 459 g/mol. The molecule has 34 heavy (non-hydrogen) atoms. The van der Waals surface area contributed by atoms with Crippen molar-refractivity contribution in [2.24, 2.45) is 0 Å². The summed E-state index contributed by atoms with van der Waals surface area (Å²) in [6.07, 6.45) is 0. The molecule has 3 N–H and O–H groups in total. The molecule has 8 nitrogen and oxygen atoms in total. The number of aromatic nitrogens is 2. The van der Waals surface area contributed by atoms with Gasteiger partial charge in [0.25, 0.3) is 11.5 Å². The van der Waals surface area contributed by atoms with Crippen LogP contribution < -0.4 is 16.2 Å². The number of nitrogens with zero attached hydrogens (tertiary/aromatic N) is 2. The summed E-state index contributed by atoms with van der Waals surface area (Å²) in [6, 6.07) is 19.0. The first-order valence-electron chi connectivity index (χ1n) is 10.5. The standard InChI is InChI=1S/C25H22FN5O3/c1-31(14-22-28-20-8-4-2-6-18(20)25(34)30-22)15-23(32)29-21-9-5-3-7-19(21)24(33)27-17-12-10-16(26)11-13-17/h2-13H,14-15H2,1H3,(H,27,33)(H,29,32)(H,28,30,34). The fraction of sp³-hybridized carbons (Fsp3) is 0.120. The van der Waals surface area contributed by atoms with Crippen molar-refractivity contribution in [3.05, 3.63) is 100 Å². The number of fused-ring (bicyclic) bond motifs is 1. The van der Waals surface area contributed by atoms with Gasteiger partial charge in [-0.25, -0.2) is 9.37 Å². The molecule has 1 aromatic heterocycles. The van der Waals surface area contributed by atoms with Crippen LogP contribution in [0.5, 0.6) is 0 Å². The third-order valence-corrected chi connectivity index (χ3v) is 5.04. The predicted molar refractivity (Wildman–Crippen MR) is 128 cm³/mol. The zero-order valence-electron chi connectivity index (χ0n) is 18.3. The molecule has 0 saturated heterocycles. The number of para-hydroxylation sites is 2. The van der Waals surface area contributed by atoms with Crippen LogP contribution in [0.3, 0.4) is 0 Å². The number of anilines is 2. The molecule has 4 rings (SSSR count). The number of H-pyrrole nitrogens is 1. The maximum Gasteiger partial charge on any atom is 0.258 e. The molecule has 3 aromatic carbocycles. The lowest BCUT2D eigenvalue weighted by atomic mass is 10.1. The van der Waals surface area contributed by atoms with Crippen LogP contribution in [0.1, 0.15) is 16.2 Å². The Hall–Kier alpha value is -4.37. The molecule has 0 radical (unpaired) electrons. The topological polar surface area (TPSA) is 107 Å². The SMILES string of the molecule is CN(CC(=O)Nc1ccccc1C(=O)Nc1ccc(F)cc1)Cc1nc2ccccc2c(=O)[nH]1. The summed E-state index contributed by atoms with van der Waals surface area (Å²) in [4.78, 5) is 46.5. The first-order valence-corrected chi connectivity index (χ1v) is 10.5. The van der Waals surface area contributed by atoms with Crippen molar-refractivity contribution in [2.75, 3.05) is 24.2 Å². The molecule has 2 amide bonds. The lowest BCUT2D eigenvalue weighted by molar-refractivity contribution is -0.117. The fourth-order valence-corrected chi connectivity index (χ4v) is 3.48. The fourth-order valence-electron chi connectivity index (χ4n) is 3.48. The molecule has 9 heteroatoms. The quantitative estimate of drug-likeness (QED) is 0.393. The number of likely N-dealkylation sites (N-methyl/N-ethyl adjacent to an activating group) is 1. The highest BCUT2D eigenvalue weighted by atomic mass is 19.1. The maximum absolute atomic E-state index is 13.1.